The molecule has 0 aliphatic carbocycles. The lowest BCUT2D eigenvalue weighted by atomic mass is 10.1. The molecule has 1 atom stereocenters. The summed E-state index contributed by atoms with van der Waals surface area (Å²) in [5.41, 5.74) is -4.15. The normalized spacial score (nSPS) is 13.1. The number of amides is 1. The number of hydrazine groups is 1. The average Bonchev–Trinajstić information content (AvgIpc) is 2.68. The molecule has 1 heterocycles. The van der Waals surface area contributed by atoms with Gasteiger partial charge in [0.1, 0.15) is 11.5 Å². The first-order valence-electron chi connectivity index (χ1n) is 8.82. The number of carbonyl (C=O) groups is 1. The van der Waals surface area contributed by atoms with Gasteiger partial charge in [-0.3, -0.25) is 19.6 Å². The minimum absolute atomic E-state index is 0.0843. The van der Waals surface area contributed by atoms with Crippen LogP contribution >= 0.6 is 11.6 Å². The fraction of sp³-hybridized carbons (Fsp3) is 0.353. The molecule has 32 heavy (non-hydrogen) atoms. The summed E-state index contributed by atoms with van der Waals surface area (Å²) in [6, 6.07) is 1.29. The number of hydrogen-bond donors (Lipinski definition) is 2. The van der Waals surface area contributed by atoms with E-state index in [0.717, 1.165) is 7.05 Å². The van der Waals surface area contributed by atoms with Gasteiger partial charge in [-0.2, -0.15) is 13.2 Å². The van der Waals surface area contributed by atoms with Crippen molar-refractivity contribution in [3.05, 3.63) is 61.1 Å². The van der Waals surface area contributed by atoms with Crippen LogP contribution in [0.4, 0.5) is 17.6 Å². The summed E-state index contributed by atoms with van der Waals surface area (Å²) in [4.78, 5) is 38.8. The highest BCUT2D eigenvalue weighted by atomic mass is 35.5. The third kappa shape index (κ3) is 5.02. The summed E-state index contributed by atoms with van der Waals surface area (Å²) < 4.78 is 77.6. The van der Waals surface area contributed by atoms with Gasteiger partial charge in [0.05, 0.1) is 21.5 Å². The van der Waals surface area contributed by atoms with E-state index < -0.39 is 66.4 Å². The van der Waals surface area contributed by atoms with Crippen LogP contribution in [0.25, 0.3) is 5.69 Å². The summed E-state index contributed by atoms with van der Waals surface area (Å²) in [6.45, 7) is 2.97. The Hall–Kier alpha value is -2.71. The summed E-state index contributed by atoms with van der Waals surface area (Å²) in [5, 5.41) is -1.38. The van der Waals surface area contributed by atoms with Gasteiger partial charge < -0.3 is 0 Å². The molecular formula is C17H17ClF4N4O5S. The van der Waals surface area contributed by atoms with E-state index in [-0.39, 0.29) is 21.6 Å². The van der Waals surface area contributed by atoms with Crippen molar-refractivity contribution in [3.63, 3.8) is 0 Å². The molecule has 15 heteroatoms. The molecule has 0 radical (unpaired) electrons. The molecule has 0 fully saturated rings. The quantitative estimate of drug-likeness (QED) is 0.462. The van der Waals surface area contributed by atoms with Crippen LogP contribution in [-0.4, -0.2) is 28.7 Å². The Kier molecular flexibility index (Phi) is 7.21. The first-order valence-corrected chi connectivity index (χ1v) is 10.7. The van der Waals surface area contributed by atoms with Crippen molar-refractivity contribution in [2.75, 3.05) is 0 Å². The predicted molar refractivity (Wildman–Crippen MR) is 107 cm³/mol. The Balaban J connectivity index is 2.57. The number of benzene rings is 1. The third-order valence-electron chi connectivity index (χ3n) is 4.54. The zero-order valence-corrected chi connectivity index (χ0v) is 18.3. The van der Waals surface area contributed by atoms with Crippen molar-refractivity contribution >= 4 is 27.5 Å². The minimum atomic E-state index is -5.03. The molecular weight excluding hydrogens is 484 g/mol. The van der Waals surface area contributed by atoms with Crippen molar-refractivity contribution in [1.82, 2.24) is 19.4 Å². The second kappa shape index (κ2) is 9.03. The highest BCUT2D eigenvalue weighted by molar-refractivity contribution is 7.90. The van der Waals surface area contributed by atoms with E-state index in [4.69, 9.17) is 11.6 Å². The molecule has 1 unspecified atom stereocenters. The Labute approximate surface area is 183 Å². The van der Waals surface area contributed by atoms with E-state index in [2.05, 4.69) is 0 Å². The van der Waals surface area contributed by atoms with Crippen molar-refractivity contribution in [1.29, 1.82) is 0 Å². The van der Waals surface area contributed by atoms with Crippen LogP contribution in [0.5, 0.6) is 0 Å². The number of halogens is 5. The highest BCUT2D eigenvalue weighted by Gasteiger charge is 2.35. The topological polar surface area (TPSA) is 119 Å². The Bertz CT molecular complexity index is 1290. The standard InChI is InChI=1S/C17H17ClF4N4O5S/c1-4-8(2)32(30,31)24-23-15(28)9-5-12(11(19)6-10(9)18)26-14(27)7-13(17(20,21)22)25(3)16(26)29/h5-8,24H,4H2,1-3H3,(H,23,28). The van der Waals surface area contributed by atoms with Crippen LogP contribution < -0.4 is 21.5 Å². The summed E-state index contributed by atoms with van der Waals surface area (Å²) in [7, 11) is -3.22. The van der Waals surface area contributed by atoms with E-state index in [9.17, 15) is 40.4 Å². The molecule has 2 N–H and O–H groups in total. The predicted octanol–water partition coefficient (Wildman–Crippen LogP) is 1.71. The van der Waals surface area contributed by atoms with Crippen molar-refractivity contribution in [3.8, 4) is 5.69 Å². The Morgan fingerprint density at radius 2 is 1.81 bits per heavy atom. The van der Waals surface area contributed by atoms with Gasteiger partial charge in [0.2, 0.25) is 10.0 Å². The molecule has 9 nitrogen and oxygen atoms in total. The lowest BCUT2D eigenvalue weighted by Crippen LogP contribution is -2.45. The maximum absolute atomic E-state index is 14.5. The molecule has 0 saturated heterocycles. The number of hydrogen-bond acceptors (Lipinski definition) is 5. The maximum atomic E-state index is 14.5. The van der Waals surface area contributed by atoms with E-state index in [0.29, 0.717) is 12.1 Å². The van der Waals surface area contributed by atoms with Crippen LogP contribution in [0.15, 0.2) is 27.8 Å². The van der Waals surface area contributed by atoms with Gasteiger partial charge in [0.25, 0.3) is 11.5 Å². The van der Waals surface area contributed by atoms with Crippen LogP contribution in [0, 0.1) is 5.82 Å². The Morgan fingerprint density at radius 3 is 2.34 bits per heavy atom. The van der Waals surface area contributed by atoms with E-state index in [1.807, 2.05) is 10.3 Å². The second-order valence-electron chi connectivity index (χ2n) is 6.65. The molecule has 0 saturated carbocycles. The van der Waals surface area contributed by atoms with Crippen LogP contribution in [-0.2, 0) is 23.2 Å². The number of sulfonamides is 1. The van der Waals surface area contributed by atoms with Gasteiger partial charge in [0.15, 0.2) is 0 Å². The minimum Gasteiger partial charge on any atom is -0.292 e. The average molecular weight is 501 g/mol. The number of nitrogens with zero attached hydrogens (tertiary/aromatic N) is 2. The fourth-order valence-corrected chi connectivity index (χ4v) is 3.62. The number of aromatic nitrogens is 2. The highest BCUT2D eigenvalue weighted by Crippen LogP contribution is 2.27. The molecule has 0 bridgehead atoms. The van der Waals surface area contributed by atoms with Crippen LogP contribution in [0.3, 0.4) is 0 Å². The maximum Gasteiger partial charge on any atom is 0.431 e. The van der Waals surface area contributed by atoms with E-state index in [1.54, 1.807) is 6.92 Å². The zero-order valence-electron chi connectivity index (χ0n) is 16.8. The van der Waals surface area contributed by atoms with Gasteiger partial charge in [-0.1, -0.05) is 18.5 Å². The van der Waals surface area contributed by atoms with Crippen molar-refractivity contribution in [2.45, 2.75) is 31.7 Å². The zero-order chi connectivity index (χ0) is 24.6. The summed E-state index contributed by atoms with van der Waals surface area (Å²) in [6.07, 6.45) is -4.80. The molecule has 2 aromatic rings. The van der Waals surface area contributed by atoms with Crippen molar-refractivity contribution in [2.24, 2.45) is 7.05 Å². The molecule has 2 rings (SSSR count). The largest absolute Gasteiger partial charge is 0.431 e. The number of rotatable bonds is 6. The van der Waals surface area contributed by atoms with Crippen LogP contribution in [0.1, 0.15) is 36.3 Å². The molecule has 1 aromatic heterocycles. The number of nitrogens with one attached hydrogen (secondary N) is 2. The third-order valence-corrected chi connectivity index (χ3v) is 6.64. The Morgan fingerprint density at radius 1 is 1.22 bits per heavy atom. The van der Waals surface area contributed by atoms with Gasteiger partial charge in [-0.15, -0.1) is 4.83 Å². The van der Waals surface area contributed by atoms with E-state index in [1.165, 1.54) is 6.92 Å². The molecule has 176 valence electrons. The number of carbonyl (C=O) groups excluding carboxylic acids is 1. The SMILES string of the molecule is CCC(C)S(=O)(=O)NNC(=O)c1cc(-n2c(=O)cc(C(F)(F)F)n(C)c2=O)c(F)cc1Cl. The molecule has 0 aliphatic rings. The van der Waals surface area contributed by atoms with Gasteiger partial charge >= 0.3 is 11.9 Å². The molecule has 0 aliphatic heterocycles. The lowest BCUT2D eigenvalue weighted by molar-refractivity contribution is -0.144. The van der Waals surface area contributed by atoms with E-state index >= 15 is 0 Å². The van der Waals surface area contributed by atoms with Gasteiger partial charge in [-0.25, -0.2) is 22.2 Å². The number of alkyl halides is 3. The summed E-state index contributed by atoms with van der Waals surface area (Å²) in [5.74, 6) is -2.45. The lowest BCUT2D eigenvalue weighted by Gasteiger charge is -2.16. The van der Waals surface area contributed by atoms with Crippen molar-refractivity contribution < 1.29 is 30.8 Å². The molecule has 0 spiro atoms. The first-order chi connectivity index (χ1) is 14.6. The second-order valence-corrected chi connectivity index (χ2v) is 9.15. The van der Waals surface area contributed by atoms with Crippen LogP contribution in [0.2, 0.25) is 5.02 Å². The van der Waals surface area contributed by atoms with Gasteiger partial charge in [0, 0.05) is 13.1 Å². The van der Waals surface area contributed by atoms with Gasteiger partial charge in [-0.05, 0) is 25.5 Å². The molecule has 1 aromatic carbocycles. The first kappa shape index (κ1) is 25.5. The monoisotopic (exact) mass is 500 g/mol. The molecule has 1 amide bonds. The fourth-order valence-electron chi connectivity index (χ4n) is 2.51. The smallest absolute Gasteiger partial charge is 0.292 e. The summed E-state index contributed by atoms with van der Waals surface area (Å²) >= 11 is 5.82.